The molecule has 0 atom stereocenters. The summed E-state index contributed by atoms with van der Waals surface area (Å²) >= 11 is 0. The second-order valence-electron chi connectivity index (χ2n) is 4.02. The van der Waals surface area contributed by atoms with E-state index >= 15 is 0 Å². The Kier molecular flexibility index (Phi) is 2.35. The van der Waals surface area contributed by atoms with Crippen LogP contribution in [-0.2, 0) is 0 Å². The van der Waals surface area contributed by atoms with Crippen LogP contribution < -0.4 is 10.2 Å². The average Bonchev–Trinajstić information content (AvgIpc) is 2.75. The van der Waals surface area contributed by atoms with Crippen molar-refractivity contribution >= 4 is 0 Å². The van der Waals surface area contributed by atoms with Gasteiger partial charge in [-0.3, -0.25) is 4.79 Å². The van der Waals surface area contributed by atoms with Crippen molar-refractivity contribution < 1.29 is 4.74 Å². The summed E-state index contributed by atoms with van der Waals surface area (Å²) in [5.41, 5.74) is 2.93. The molecule has 0 bridgehead atoms. The Balaban J connectivity index is 2.18. The Morgan fingerprint density at radius 2 is 1.67 bits per heavy atom. The molecule has 78 valence electrons. The first kappa shape index (κ1) is 9.97. The molecule has 0 amide bonds. The van der Waals surface area contributed by atoms with Gasteiger partial charge in [0.1, 0.15) is 5.75 Å². The standard InChI is InChI=1S/C13H14O2/c1-8(2)15-11-6-4-10(5-7-11)12-9(3)13(12)14/h4-8H,1-3H3. The van der Waals surface area contributed by atoms with Gasteiger partial charge in [-0.25, -0.2) is 0 Å². The maximum atomic E-state index is 11.2. The lowest BCUT2D eigenvalue weighted by Gasteiger charge is -2.09. The van der Waals surface area contributed by atoms with Crippen molar-refractivity contribution in [2.75, 3.05) is 0 Å². The van der Waals surface area contributed by atoms with Crippen LogP contribution in [0.1, 0.15) is 19.4 Å². The average molecular weight is 202 g/mol. The summed E-state index contributed by atoms with van der Waals surface area (Å²) in [6, 6.07) is 7.67. The Hall–Kier alpha value is -1.57. The third-order valence-corrected chi connectivity index (χ3v) is 2.39. The van der Waals surface area contributed by atoms with Gasteiger partial charge in [-0.2, -0.15) is 0 Å². The van der Waals surface area contributed by atoms with E-state index in [1.54, 1.807) is 0 Å². The first-order valence-corrected chi connectivity index (χ1v) is 5.12. The van der Waals surface area contributed by atoms with Crippen molar-refractivity contribution in [3.8, 4) is 16.9 Å². The molecule has 0 fully saturated rings. The molecule has 15 heavy (non-hydrogen) atoms. The number of rotatable bonds is 3. The van der Waals surface area contributed by atoms with Crippen LogP contribution in [0.3, 0.4) is 0 Å². The number of hydrogen-bond donors (Lipinski definition) is 0. The van der Waals surface area contributed by atoms with Crippen molar-refractivity contribution in [2.24, 2.45) is 0 Å². The maximum absolute atomic E-state index is 11.2. The van der Waals surface area contributed by atoms with Gasteiger partial charge in [0.05, 0.1) is 6.10 Å². The zero-order chi connectivity index (χ0) is 11.0. The molecule has 0 aliphatic carbocycles. The van der Waals surface area contributed by atoms with Gasteiger partial charge in [-0.1, -0.05) is 12.1 Å². The van der Waals surface area contributed by atoms with Gasteiger partial charge >= 0.3 is 0 Å². The van der Waals surface area contributed by atoms with Gasteiger partial charge in [-0.15, -0.1) is 0 Å². The summed E-state index contributed by atoms with van der Waals surface area (Å²) in [5, 5.41) is 0. The molecule has 2 rings (SSSR count). The smallest absolute Gasteiger partial charge is 0.190 e. The van der Waals surface area contributed by atoms with Crippen LogP contribution in [0.2, 0.25) is 0 Å². The summed E-state index contributed by atoms with van der Waals surface area (Å²) in [6.07, 6.45) is 0.180. The predicted octanol–water partition coefficient (Wildman–Crippen LogP) is 2.69. The topological polar surface area (TPSA) is 26.3 Å². The van der Waals surface area contributed by atoms with Gasteiger partial charge in [0.2, 0.25) is 0 Å². The Bertz CT molecular complexity index is 471. The van der Waals surface area contributed by atoms with E-state index in [9.17, 15) is 4.79 Å². The van der Waals surface area contributed by atoms with Crippen molar-refractivity contribution in [3.63, 3.8) is 0 Å². The first-order valence-electron chi connectivity index (χ1n) is 5.12. The molecule has 0 saturated carbocycles. The molecule has 0 unspecified atom stereocenters. The number of ether oxygens (including phenoxy) is 1. The number of benzene rings is 1. The van der Waals surface area contributed by atoms with Gasteiger partial charge < -0.3 is 4.74 Å². The van der Waals surface area contributed by atoms with E-state index in [0.717, 1.165) is 22.4 Å². The van der Waals surface area contributed by atoms with Crippen LogP contribution in [0.5, 0.6) is 5.75 Å². The summed E-state index contributed by atoms with van der Waals surface area (Å²) < 4.78 is 5.52. The Morgan fingerprint density at radius 1 is 1.13 bits per heavy atom. The molecular weight excluding hydrogens is 188 g/mol. The zero-order valence-electron chi connectivity index (χ0n) is 9.20. The molecule has 0 spiro atoms. The van der Waals surface area contributed by atoms with Crippen molar-refractivity contribution in [3.05, 3.63) is 40.1 Å². The molecule has 0 aromatic heterocycles. The predicted molar refractivity (Wildman–Crippen MR) is 61.0 cm³/mol. The Labute approximate surface area is 89.2 Å². The van der Waals surface area contributed by atoms with Crippen LogP contribution in [0.4, 0.5) is 0 Å². The first-order chi connectivity index (χ1) is 7.09. The fraction of sp³-hybridized carbons (Fsp3) is 0.308. The fourth-order valence-electron chi connectivity index (χ4n) is 1.58. The van der Waals surface area contributed by atoms with Gasteiger partial charge in [0.25, 0.3) is 0 Å². The lowest BCUT2D eigenvalue weighted by atomic mass is 10.1. The van der Waals surface area contributed by atoms with E-state index in [1.165, 1.54) is 0 Å². The molecule has 0 heterocycles. The monoisotopic (exact) mass is 202 g/mol. The van der Waals surface area contributed by atoms with Gasteiger partial charge in [0, 0.05) is 11.1 Å². The van der Waals surface area contributed by atoms with E-state index in [-0.39, 0.29) is 11.5 Å². The quantitative estimate of drug-likeness (QED) is 0.764. The van der Waals surface area contributed by atoms with E-state index < -0.39 is 0 Å². The molecule has 0 aliphatic rings. The summed E-state index contributed by atoms with van der Waals surface area (Å²) in [5.74, 6) is 0.847. The third kappa shape index (κ3) is 1.94. The van der Waals surface area contributed by atoms with Crippen molar-refractivity contribution in [1.29, 1.82) is 0 Å². The van der Waals surface area contributed by atoms with Gasteiger partial charge in [-0.05, 0) is 38.5 Å². The maximum Gasteiger partial charge on any atom is 0.190 e. The second-order valence-corrected chi connectivity index (χ2v) is 4.02. The molecule has 0 radical (unpaired) electrons. The van der Waals surface area contributed by atoms with E-state index in [0.29, 0.717) is 0 Å². The molecule has 2 heteroatoms. The van der Waals surface area contributed by atoms with Crippen molar-refractivity contribution in [1.82, 2.24) is 0 Å². The largest absolute Gasteiger partial charge is 0.491 e. The SMILES string of the molecule is Cc1c(-c2ccc(OC(C)C)cc2)c1=O. The second kappa shape index (κ2) is 3.54. The third-order valence-electron chi connectivity index (χ3n) is 2.39. The molecule has 0 saturated heterocycles. The van der Waals surface area contributed by atoms with Crippen LogP contribution >= 0.6 is 0 Å². The van der Waals surface area contributed by atoms with Gasteiger partial charge in [0.15, 0.2) is 5.43 Å². The molecule has 0 N–H and O–H groups in total. The van der Waals surface area contributed by atoms with E-state index in [2.05, 4.69) is 0 Å². The van der Waals surface area contributed by atoms with Crippen LogP contribution in [0.25, 0.3) is 11.1 Å². The minimum Gasteiger partial charge on any atom is -0.491 e. The highest BCUT2D eigenvalue weighted by atomic mass is 16.5. The highest BCUT2D eigenvalue weighted by Gasteiger charge is 2.18. The highest BCUT2D eigenvalue weighted by molar-refractivity contribution is 5.75. The normalized spacial score (nSPS) is 11.2. The summed E-state index contributed by atoms with van der Waals surface area (Å²) in [7, 11) is 0. The van der Waals surface area contributed by atoms with E-state index in [4.69, 9.17) is 4.74 Å². The fourth-order valence-corrected chi connectivity index (χ4v) is 1.58. The lowest BCUT2D eigenvalue weighted by molar-refractivity contribution is 0.242. The number of hydrogen-bond acceptors (Lipinski definition) is 2. The minimum atomic E-state index is 0.180. The summed E-state index contributed by atoms with van der Waals surface area (Å²) in [4.78, 5) is 11.2. The lowest BCUT2D eigenvalue weighted by Crippen LogP contribution is -2.05. The van der Waals surface area contributed by atoms with Crippen LogP contribution in [0, 0.1) is 6.92 Å². The molecule has 2 nitrogen and oxygen atoms in total. The molecular formula is C13H14O2. The minimum absolute atomic E-state index is 0.180. The van der Waals surface area contributed by atoms with Crippen molar-refractivity contribution in [2.45, 2.75) is 26.9 Å². The molecule has 2 aromatic rings. The molecule has 2 aromatic carbocycles. The van der Waals surface area contributed by atoms with Crippen LogP contribution in [0.15, 0.2) is 29.1 Å². The van der Waals surface area contributed by atoms with Crippen LogP contribution in [-0.4, -0.2) is 6.10 Å². The molecule has 0 aliphatic heterocycles. The summed E-state index contributed by atoms with van der Waals surface area (Å²) in [6.45, 7) is 5.84. The van der Waals surface area contributed by atoms with E-state index in [1.807, 2.05) is 45.0 Å². The highest BCUT2D eigenvalue weighted by Crippen LogP contribution is 2.26. The zero-order valence-corrected chi connectivity index (χ0v) is 9.20. The Morgan fingerprint density at radius 3 is 2.07 bits per heavy atom.